The van der Waals surface area contributed by atoms with Gasteiger partial charge in [-0.15, -0.1) is 0 Å². The zero-order valence-electron chi connectivity index (χ0n) is 13.0. The van der Waals surface area contributed by atoms with E-state index in [1.165, 1.54) is 22.3 Å². The highest BCUT2D eigenvalue weighted by atomic mass is 16.1. The first-order chi connectivity index (χ1) is 10.7. The highest BCUT2D eigenvalue weighted by Gasteiger charge is 2.18. The van der Waals surface area contributed by atoms with Crippen LogP contribution in [0.4, 0.5) is 0 Å². The molecule has 0 bridgehead atoms. The number of carbonyl (C=O) groups is 1. The zero-order chi connectivity index (χ0) is 15.4. The van der Waals surface area contributed by atoms with E-state index in [9.17, 15) is 4.79 Å². The van der Waals surface area contributed by atoms with Gasteiger partial charge >= 0.3 is 0 Å². The molecular weight excluding hydrogens is 272 g/mol. The SMILES string of the molecule is Cc1ccc(-c2ccncc2)cc1CNC1CCC(=O)CC1. The average molecular weight is 294 g/mol. The maximum atomic E-state index is 11.3. The van der Waals surface area contributed by atoms with Gasteiger partial charge in [0.15, 0.2) is 0 Å². The molecule has 0 unspecified atom stereocenters. The van der Waals surface area contributed by atoms with Crippen molar-refractivity contribution < 1.29 is 4.79 Å². The molecule has 2 aromatic rings. The van der Waals surface area contributed by atoms with Gasteiger partial charge in [0, 0.05) is 37.8 Å². The predicted octanol–water partition coefficient (Wildman–Crippen LogP) is 3.66. The van der Waals surface area contributed by atoms with Gasteiger partial charge in [0.2, 0.25) is 0 Å². The lowest BCUT2D eigenvalue weighted by molar-refractivity contribution is -0.120. The zero-order valence-corrected chi connectivity index (χ0v) is 13.0. The molecule has 3 nitrogen and oxygen atoms in total. The normalized spacial score (nSPS) is 16.0. The minimum Gasteiger partial charge on any atom is -0.310 e. The van der Waals surface area contributed by atoms with Crippen molar-refractivity contribution in [2.75, 3.05) is 0 Å². The average Bonchev–Trinajstić information content (AvgIpc) is 2.56. The van der Waals surface area contributed by atoms with Gasteiger partial charge in [-0.05, 0) is 60.2 Å². The summed E-state index contributed by atoms with van der Waals surface area (Å²) in [5.74, 6) is 0.411. The summed E-state index contributed by atoms with van der Waals surface area (Å²) < 4.78 is 0. The molecule has 3 rings (SSSR count). The molecule has 22 heavy (non-hydrogen) atoms. The number of hydrogen-bond donors (Lipinski definition) is 1. The van der Waals surface area contributed by atoms with E-state index in [1.54, 1.807) is 0 Å². The number of nitrogens with one attached hydrogen (secondary N) is 1. The van der Waals surface area contributed by atoms with E-state index in [1.807, 2.05) is 24.5 Å². The molecule has 1 heterocycles. The van der Waals surface area contributed by atoms with Crippen LogP contribution in [0.2, 0.25) is 0 Å². The van der Waals surface area contributed by atoms with Crippen LogP contribution < -0.4 is 5.32 Å². The molecule has 1 saturated carbocycles. The molecule has 1 aliphatic rings. The largest absolute Gasteiger partial charge is 0.310 e. The Bertz CT molecular complexity index is 642. The van der Waals surface area contributed by atoms with E-state index < -0.39 is 0 Å². The number of rotatable bonds is 4. The molecule has 114 valence electrons. The Kier molecular flexibility index (Phi) is 4.64. The maximum absolute atomic E-state index is 11.3. The Labute approximate surface area is 131 Å². The van der Waals surface area contributed by atoms with Crippen LogP contribution in [-0.2, 0) is 11.3 Å². The van der Waals surface area contributed by atoms with Gasteiger partial charge in [-0.25, -0.2) is 0 Å². The molecular formula is C19H22N2O. The topological polar surface area (TPSA) is 42.0 Å². The van der Waals surface area contributed by atoms with Crippen molar-refractivity contribution >= 4 is 5.78 Å². The molecule has 0 atom stereocenters. The van der Waals surface area contributed by atoms with Crippen LogP contribution in [0.1, 0.15) is 36.8 Å². The maximum Gasteiger partial charge on any atom is 0.133 e. The molecule has 0 amide bonds. The highest BCUT2D eigenvalue weighted by Crippen LogP contribution is 2.22. The van der Waals surface area contributed by atoms with Crippen LogP contribution >= 0.6 is 0 Å². The lowest BCUT2D eigenvalue weighted by atomic mass is 9.94. The van der Waals surface area contributed by atoms with E-state index in [4.69, 9.17) is 0 Å². The molecule has 1 aromatic carbocycles. The Morgan fingerprint density at radius 1 is 1.09 bits per heavy atom. The Hall–Kier alpha value is -2.00. The molecule has 1 aromatic heterocycles. The standard InChI is InChI=1S/C19H22N2O/c1-14-2-3-16(15-8-10-20-11-9-15)12-17(14)13-21-18-4-6-19(22)7-5-18/h2-3,8-12,18,21H,4-7,13H2,1H3. The van der Waals surface area contributed by atoms with Crippen LogP contribution in [-0.4, -0.2) is 16.8 Å². The number of hydrogen-bond acceptors (Lipinski definition) is 3. The second-order valence-corrected chi connectivity index (χ2v) is 6.07. The third-order valence-corrected chi connectivity index (χ3v) is 4.49. The lowest BCUT2D eigenvalue weighted by Gasteiger charge is -2.23. The highest BCUT2D eigenvalue weighted by molar-refractivity contribution is 5.79. The predicted molar refractivity (Wildman–Crippen MR) is 88.5 cm³/mol. The minimum atomic E-state index is 0.411. The summed E-state index contributed by atoms with van der Waals surface area (Å²) in [5, 5.41) is 3.61. The number of nitrogens with zero attached hydrogens (tertiary/aromatic N) is 1. The molecule has 0 aliphatic heterocycles. The van der Waals surface area contributed by atoms with E-state index in [2.05, 4.69) is 35.4 Å². The smallest absolute Gasteiger partial charge is 0.133 e. The number of pyridine rings is 1. The second-order valence-electron chi connectivity index (χ2n) is 6.07. The van der Waals surface area contributed by atoms with Crippen molar-refractivity contribution in [2.45, 2.75) is 45.2 Å². The summed E-state index contributed by atoms with van der Waals surface area (Å²) in [5.41, 5.74) is 5.05. The summed E-state index contributed by atoms with van der Waals surface area (Å²) in [4.78, 5) is 15.4. The second kappa shape index (κ2) is 6.84. The number of Topliss-reactive ketones (excluding diaryl/α,β-unsaturated/α-hetero) is 1. The number of aromatic nitrogens is 1. The third kappa shape index (κ3) is 3.60. The van der Waals surface area contributed by atoms with Gasteiger partial charge in [-0.3, -0.25) is 9.78 Å². The van der Waals surface area contributed by atoms with E-state index in [0.29, 0.717) is 11.8 Å². The fraction of sp³-hybridized carbons (Fsp3) is 0.368. The first kappa shape index (κ1) is 14.9. The summed E-state index contributed by atoms with van der Waals surface area (Å²) in [7, 11) is 0. The molecule has 0 spiro atoms. The van der Waals surface area contributed by atoms with E-state index in [0.717, 1.165) is 32.2 Å². The van der Waals surface area contributed by atoms with Crippen LogP contribution in [0.15, 0.2) is 42.7 Å². The molecule has 0 radical (unpaired) electrons. The van der Waals surface area contributed by atoms with Gasteiger partial charge in [0.25, 0.3) is 0 Å². The van der Waals surface area contributed by atoms with Crippen molar-refractivity contribution in [1.82, 2.24) is 10.3 Å². The summed E-state index contributed by atoms with van der Waals surface area (Å²) in [6.07, 6.45) is 7.06. The van der Waals surface area contributed by atoms with E-state index >= 15 is 0 Å². The van der Waals surface area contributed by atoms with Crippen LogP contribution in [0, 0.1) is 6.92 Å². The summed E-state index contributed by atoms with van der Waals surface area (Å²) >= 11 is 0. The minimum absolute atomic E-state index is 0.411. The van der Waals surface area contributed by atoms with Crippen LogP contribution in [0.5, 0.6) is 0 Å². The van der Waals surface area contributed by atoms with Gasteiger partial charge in [0.1, 0.15) is 5.78 Å². The number of carbonyl (C=O) groups excluding carboxylic acids is 1. The van der Waals surface area contributed by atoms with Crippen LogP contribution in [0.25, 0.3) is 11.1 Å². The molecule has 1 fully saturated rings. The van der Waals surface area contributed by atoms with Gasteiger partial charge in [-0.1, -0.05) is 12.1 Å². The lowest BCUT2D eigenvalue weighted by Crippen LogP contribution is -2.32. The number of benzene rings is 1. The van der Waals surface area contributed by atoms with Gasteiger partial charge < -0.3 is 5.32 Å². The Morgan fingerprint density at radius 2 is 1.82 bits per heavy atom. The Morgan fingerprint density at radius 3 is 2.55 bits per heavy atom. The number of ketones is 1. The van der Waals surface area contributed by atoms with Crippen molar-refractivity contribution in [3.63, 3.8) is 0 Å². The summed E-state index contributed by atoms with van der Waals surface area (Å²) in [6, 6.07) is 11.1. The quantitative estimate of drug-likeness (QED) is 0.935. The molecule has 1 aliphatic carbocycles. The van der Waals surface area contributed by atoms with Crippen LogP contribution in [0.3, 0.4) is 0 Å². The van der Waals surface area contributed by atoms with Crippen molar-refractivity contribution in [1.29, 1.82) is 0 Å². The molecule has 3 heteroatoms. The van der Waals surface area contributed by atoms with Crippen molar-refractivity contribution in [3.8, 4) is 11.1 Å². The third-order valence-electron chi connectivity index (χ3n) is 4.49. The monoisotopic (exact) mass is 294 g/mol. The molecule has 1 N–H and O–H groups in total. The van der Waals surface area contributed by atoms with Crippen molar-refractivity contribution in [3.05, 3.63) is 53.9 Å². The fourth-order valence-electron chi connectivity index (χ4n) is 2.98. The number of aryl methyl sites for hydroxylation is 1. The van der Waals surface area contributed by atoms with Crippen molar-refractivity contribution in [2.24, 2.45) is 0 Å². The first-order valence-electron chi connectivity index (χ1n) is 7.97. The fourth-order valence-corrected chi connectivity index (χ4v) is 2.98. The molecule has 0 saturated heterocycles. The summed E-state index contributed by atoms with van der Waals surface area (Å²) in [6.45, 7) is 3.02. The Balaban J connectivity index is 1.69. The van der Waals surface area contributed by atoms with Gasteiger partial charge in [0.05, 0.1) is 0 Å². The van der Waals surface area contributed by atoms with E-state index in [-0.39, 0.29) is 0 Å². The van der Waals surface area contributed by atoms with Gasteiger partial charge in [-0.2, -0.15) is 0 Å². The first-order valence-corrected chi connectivity index (χ1v) is 7.97.